The van der Waals surface area contributed by atoms with Gasteiger partial charge in [0.15, 0.2) is 6.04 Å². The molecule has 16 heavy (non-hydrogen) atoms. The smallest absolute Gasteiger partial charge is 0.371 e. The molecule has 7 heteroatoms. The van der Waals surface area contributed by atoms with E-state index in [4.69, 9.17) is 10.5 Å². The van der Waals surface area contributed by atoms with E-state index in [0.717, 1.165) is 5.56 Å². The maximum Gasteiger partial charge on any atom is 0.371 e. The van der Waals surface area contributed by atoms with Crippen LogP contribution in [0.4, 0.5) is 0 Å². The Kier molecular flexibility index (Phi) is 2.56. The Labute approximate surface area is 93.3 Å². The summed E-state index contributed by atoms with van der Waals surface area (Å²) in [6, 6.07) is 6.47. The quantitative estimate of drug-likeness (QED) is 0.560. The molecule has 0 aromatic heterocycles. The standard InChI is InChI=1S/C9H11N3O3S/c1-15-7-4-2-6(3-5-7)8-9(10)12-16(13,14)11-8/h2-5,8,11H,1H3,(H2,10,12)/p+1/t8-/m1/s1. The molecule has 1 heterocycles. The highest BCUT2D eigenvalue weighted by atomic mass is 32.2. The van der Waals surface area contributed by atoms with Gasteiger partial charge in [0, 0.05) is 0 Å². The lowest BCUT2D eigenvalue weighted by atomic mass is 10.1. The first-order chi connectivity index (χ1) is 7.52. The van der Waals surface area contributed by atoms with Gasteiger partial charge >= 0.3 is 10.2 Å². The SMILES string of the molecule is COc1ccc([C@H]2NS(=O)(=O)[NH+]=C2N)cc1. The zero-order chi connectivity index (χ0) is 11.8. The van der Waals surface area contributed by atoms with Crippen LogP contribution in [-0.4, -0.2) is 21.4 Å². The fourth-order valence-electron chi connectivity index (χ4n) is 1.51. The molecule has 1 atom stereocenters. The third-order valence-corrected chi connectivity index (χ3v) is 3.34. The highest BCUT2D eigenvalue weighted by Gasteiger charge is 2.34. The highest BCUT2D eigenvalue weighted by Crippen LogP contribution is 2.18. The number of nitrogens with one attached hydrogen (secondary N) is 2. The van der Waals surface area contributed by atoms with Crippen LogP contribution in [0.25, 0.3) is 0 Å². The predicted octanol–water partition coefficient (Wildman–Crippen LogP) is -1.98. The Hall–Kier alpha value is -1.60. The molecule has 0 spiro atoms. The van der Waals surface area contributed by atoms with Crippen LogP contribution in [0.2, 0.25) is 0 Å². The monoisotopic (exact) mass is 242 g/mol. The molecular weight excluding hydrogens is 230 g/mol. The van der Waals surface area contributed by atoms with Gasteiger partial charge in [-0.3, -0.25) is 5.73 Å². The van der Waals surface area contributed by atoms with Crippen molar-refractivity contribution in [3.8, 4) is 5.75 Å². The van der Waals surface area contributed by atoms with Crippen molar-refractivity contribution >= 4 is 16.0 Å². The third kappa shape index (κ3) is 2.00. The van der Waals surface area contributed by atoms with Gasteiger partial charge in [-0.15, -0.1) is 0 Å². The Balaban J connectivity index is 2.30. The lowest BCUT2D eigenvalue weighted by Crippen LogP contribution is -2.76. The molecule has 0 saturated heterocycles. The number of methoxy groups -OCH3 is 1. The summed E-state index contributed by atoms with van der Waals surface area (Å²) in [5.74, 6) is 0.876. The summed E-state index contributed by atoms with van der Waals surface area (Å²) >= 11 is 0. The van der Waals surface area contributed by atoms with Crippen LogP contribution in [0.15, 0.2) is 24.3 Å². The van der Waals surface area contributed by atoms with Crippen LogP contribution in [0.5, 0.6) is 5.75 Å². The van der Waals surface area contributed by atoms with Gasteiger partial charge in [-0.25, -0.2) is 0 Å². The van der Waals surface area contributed by atoms with Crippen molar-refractivity contribution in [1.82, 2.24) is 4.72 Å². The van der Waals surface area contributed by atoms with Crippen molar-refractivity contribution in [2.45, 2.75) is 6.04 Å². The first-order valence-corrected chi connectivity index (χ1v) is 6.06. The molecule has 2 rings (SSSR count). The molecule has 0 fully saturated rings. The average molecular weight is 242 g/mol. The summed E-state index contributed by atoms with van der Waals surface area (Å²) in [6.07, 6.45) is 0. The molecule has 1 aliphatic rings. The zero-order valence-corrected chi connectivity index (χ0v) is 9.41. The maximum absolute atomic E-state index is 11.2. The van der Waals surface area contributed by atoms with E-state index in [2.05, 4.69) is 9.12 Å². The second-order valence-electron chi connectivity index (χ2n) is 3.38. The van der Waals surface area contributed by atoms with Crippen LogP contribution in [0.1, 0.15) is 11.6 Å². The van der Waals surface area contributed by atoms with Crippen molar-refractivity contribution in [3.63, 3.8) is 0 Å². The van der Waals surface area contributed by atoms with E-state index >= 15 is 0 Å². The second kappa shape index (κ2) is 3.76. The number of nitrogens with two attached hydrogens (primary N) is 1. The first-order valence-electron chi connectivity index (χ1n) is 4.58. The Morgan fingerprint density at radius 2 is 2.00 bits per heavy atom. The fraction of sp³-hybridized carbons (Fsp3) is 0.222. The third-order valence-electron chi connectivity index (χ3n) is 2.29. The van der Waals surface area contributed by atoms with Crippen molar-refractivity contribution in [3.05, 3.63) is 29.8 Å². The van der Waals surface area contributed by atoms with Crippen LogP contribution in [0.3, 0.4) is 0 Å². The normalized spacial score (nSPS) is 22.8. The van der Waals surface area contributed by atoms with Gasteiger partial charge in [0.25, 0.3) is 5.84 Å². The van der Waals surface area contributed by atoms with Gasteiger partial charge < -0.3 is 4.74 Å². The first kappa shape index (κ1) is 10.9. The van der Waals surface area contributed by atoms with Gasteiger partial charge in [-0.1, -0.05) is 12.1 Å². The van der Waals surface area contributed by atoms with E-state index in [1.54, 1.807) is 31.4 Å². The summed E-state index contributed by atoms with van der Waals surface area (Å²) < 4.78 is 32.0. The Bertz CT molecular complexity index is 521. The van der Waals surface area contributed by atoms with E-state index in [1.165, 1.54) is 0 Å². The highest BCUT2D eigenvalue weighted by molar-refractivity contribution is 7.83. The minimum atomic E-state index is -3.50. The predicted molar refractivity (Wildman–Crippen MR) is 57.9 cm³/mol. The molecule has 1 aromatic rings. The number of hydrogen-bond acceptors (Lipinski definition) is 4. The van der Waals surface area contributed by atoms with Crippen molar-refractivity contribution in [1.29, 1.82) is 0 Å². The van der Waals surface area contributed by atoms with Crippen LogP contribution in [-0.2, 0) is 10.2 Å². The molecule has 1 aromatic carbocycles. The van der Waals surface area contributed by atoms with E-state index in [9.17, 15) is 8.42 Å². The molecule has 4 N–H and O–H groups in total. The van der Waals surface area contributed by atoms with E-state index in [0.29, 0.717) is 5.75 Å². The van der Waals surface area contributed by atoms with Gasteiger partial charge in [0.2, 0.25) is 0 Å². The van der Waals surface area contributed by atoms with E-state index in [1.807, 2.05) is 0 Å². The van der Waals surface area contributed by atoms with Gasteiger partial charge in [-0.05, 0) is 17.7 Å². The number of ether oxygens (including phenoxy) is 1. The van der Waals surface area contributed by atoms with Gasteiger partial charge in [0.1, 0.15) is 5.75 Å². The molecule has 6 nitrogen and oxygen atoms in total. The lowest BCUT2D eigenvalue weighted by Gasteiger charge is -2.07. The molecule has 0 bridgehead atoms. The minimum absolute atomic E-state index is 0.171. The number of hydrogen-bond donors (Lipinski definition) is 3. The Morgan fingerprint density at radius 1 is 1.38 bits per heavy atom. The van der Waals surface area contributed by atoms with Crippen molar-refractivity contribution in [2.24, 2.45) is 5.73 Å². The van der Waals surface area contributed by atoms with Gasteiger partial charge in [0.05, 0.1) is 7.11 Å². The minimum Gasteiger partial charge on any atom is -0.497 e. The van der Waals surface area contributed by atoms with E-state index in [-0.39, 0.29) is 5.84 Å². The largest absolute Gasteiger partial charge is 0.497 e. The second-order valence-corrected chi connectivity index (χ2v) is 4.83. The summed E-state index contributed by atoms with van der Waals surface area (Å²) in [5, 5.41) is 0. The van der Waals surface area contributed by atoms with Gasteiger partial charge in [-0.2, -0.15) is 17.5 Å². The molecular formula is C9H12N3O3S+. The molecule has 0 radical (unpaired) electrons. The number of amidine groups is 1. The summed E-state index contributed by atoms with van der Waals surface area (Å²) in [5.41, 5.74) is 6.35. The molecule has 0 unspecified atom stereocenters. The molecule has 0 aliphatic carbocycles. The van der Waals surface area contributed by atoms with Crippen LogP contribution < -0.4 is 19.6 Å². The van der Waals surface area contributed by atoms with Crippen molar-refractivity contribution in [2.75, 3.05) is 7.11 Å². The molecule has 0 amide bonds. The Morgan fingerprint density at radius 3 is 2.44 bits per heavy atom. The zero-order valence-electron chi connectivity index (χ0n) is 8.60. The summed E-state index contributed by atoms with van der Waals surface area (Å²) in [6.45, 7) is 0. The summed E-state index contributed by atoms with van der Waals surface area (Å²) in [4.78, 5) is 0. The van der Waals surface area contributed by atoms with Crippen LogP contribution in [0, 0.1) is 0 Å². The maximum atomic E-state index is 11.2. The molecule has 1 aliphatic heterocycles. The van der Waals surface area contributed by atoms with E-state index < -0.39 is 16.3 Å². The van der Waals surface area contributed by atoms with Crippen LogP contribution >= 0.6 is 0 Å². The number of benzene rings is 1. The average Bonchev–Trinajstić information content (AvgIpc) is 2.52. The lowest BCUT2D eigenvalue weighted by molar-refractivity contribution is -0.265. The molecule has 86 valence electrons. The fourth-order valence-corrected chi connectivity index (χ4v) is 2.57. The molecule has 0 saturated carbocycles. The van der Waals surface area contributed by atoms with Crippen molar-refractivity contribution < 1.29 is 17.6 Å². The summed E-state index contributed by atoms with van der Waals surface area (Å²) in [7, 11) is -1.94. The number of rotatable bonds is 2. The topological polar surface area (TPSA) is 95.4 Å².